The van der Waals surface area contributed by atoms with Crippen molar-refractivity contribution >= 4 is 36.2 Å². The fourth-order valence-electron chi connectivity index (χ4n) is 1.86. The minimum Gasteiger partial charge on any atom is -0.399 e. The minimum atomic E-state index is -0.777. The van der Waals surface area contributed by atoms with Crippen LogP contribution < -0.4 is 11.1 Å². The SMILES string of the molecule is Cl.Cl.Nc1ccc(NCC(O)CO)c(-c2ccccc2)c1. The Hall–Kier alpha value is -1.46. The summed E-state index contributed by atoms with van der Waals surface area (Å²) in [6, 6.07) is 15.5. The largest absolute Gasteiger partial charge is 0.399 e. The molecule has 5 N–H and O–H groups in total. The molecule has 0 heterocycles. The van der Waals surface area contributed by atoms with Gasteiger partial charge in [0.1, 0.15) is 0 Å². The molecule has 0 saturated carbocycles. The van der Waals surface area contributed by atoms with E-state index >= 15 is 0 Å². The van der Waals surface area contributed by atoms with Gasteiger partial charge < -0.3 is 21.3 Å². The van der Waals surface area contributed by atoms with Crippen LogP contribution in [0.5, 0.6) is 0 Å². The van der Waals surface area contributed by atoms with Crippen LogP contribution in [0.1, 0.15) is 0 Å². The third-order valence-corrected chi connectivity index (χ3v) is 2.87. The monoisotopic (exact) mass is 330 g/mol. The van der Waals surface area contributed by atoms with Gasteiger partial charge in [-0.25, -0.2) is 0 Å². The second-order valence-electron chi connectivity index (χ2n) is 4.39. The average Bonchev–Trinajstić information content (AvgIpc) is 2.46. The number of nitrogen functional groups attached to an aromatic ring is 1. The van der Waals surface area contributed by atoms with Crippen molar-refractivity contribution in [2.45, 2.75) is 6.10 Å². The Labute approximate surface area is 136 Å². The van der Waals surface area contributed by atoms with Crippen molar-refractivity contribution in [2.75, 3.05) is 24.2 Å². The van der Waals surface area contributed by atoms with Crippen LogP contribution in [0.4, 0.5) is 11.4 Å². The molecule has 0 saturated heterocycles. The maximum atomic E-state index is 9.40. The fraction of sp³-hybridized carbons (Fsp3) is 0.200. The van der Waals surface area contributed by atoms with Gasteiger partial charge in [0.2, 0.25) is 0 Å². The van der Waals surface area contributed by atoms with Crippen molar-refractivity contribution in [1.82, 2.24) is 0 Å². The lowest BCUT2D eigenvalue weighted by atomic mass is 10.0. The van der Waals surface area contributed by atoms with Crippen LogP contribution in [-0.2, 0) is 0 Å². The van der Waals surface area contributed by atoms with Crippen LogP contribution in [-0.4, -0.2) is 29.5 Å². The number of nitrogens with two attached hydrogens (primary N) is 1. The number of halogens is 2. The first kappa shape index (κ1) is 19.5. The van der Waals surface area contributed by atoms with E-state index in [9.17, 15) is 5.11 Å². The molecule has 2 aromatic rings. The van der Waals surface area contributed by atoms with E-state index in [-0.39, 0.29) is 31.4 Å². The summed E-state index contributed by atoms with van der Waals surface area (Å²) in [7, 11) is 0. The molecule has 0 aliphatic carbocycles. The highest BCUT2D eigenvalue weighted by molar-refractivity contribution is 5.85. The van der Waals surface area contributed by atoms with E-state index in [1.807, 2.05) is 42.5 Å². The Morgan fingerprint density at radius 1 is 1.05 bits per heavy atom. The summed E-state index contributed by atoms with van der Waals surface area (Å²) < 4.78 is 0. The molecule has 1 unspecified atom stereocenters. The molecule has 116 valence electrons. The first-order chi connectivity index (χ1) is 9.20. The first-order valence-corrected chi connectivity index (χ1v) is 6.18. The standard InChI is InChI=1S/C15H18N2O2.2ClH/c16-12-6-7-15(17-9-13(19)10-18)14(8-12)11-4-2-1-3-5-11;;/h1-8,13,17-19H,9-10,16H2;2*1H. The van der Waals surface area contributed by atoms with E-state index in [0.29, 0.717) is 12.2 Å². The van der Waals surface area contributed by atoms with Crippen molar-refractivity contribution in [3.63, 3.8) is 0 Å². The van der Waals surface area contributed by atoms with Crippen LogP contribution in [0, 0.1) is 0 Å². The lowest BCUT2D eigenvalue weighted by Crippen LogP contribution is -2.23. The highest BCUT2D eigenvalue weighted by Gasteiger charge is 2.07. The third-order valence-electron chi connectivity index (χ3n) is 2.87. The molecule has 0 aliphatic rings. The molecule has 0 aromatic heterocycles. The molecule has 0 amide bonds. The molecular weight excluding hydrogens is 311 g/mol. The predicted molar refractivity (Wildman–Crippen MR) is 92.4 cm³/mol. The molecule has 0 fully saturated rings. The van der Waals surface area contributed by atoms with Gasteiger partial charge in [0.15, 0.2) is 0 Å². The molecule has 0 aliphatic heterocycles. The van der Waals surface area contributed by atoms with Crippen molar-refractivity contribution in [3.8, 4) is 11.1 Å². The zero-order chi connectivity index (χ0) is 13.7. The summed E-state index contributed by atoms with van der Waals surface area (Å²) in [5.41, 5.74) is 9.43. The van der Waals surface area contributed by atoms with Crippen molar-refractivity contribution in [2.24, 2.45) is 0 Å². The molecule has 4 nitrogen and oxygen atoms in total. The maximum Gasteiger partial charge on any atom is 0.0942 e. The highest BCUT2D eigenvalue weighted by atomic mass is 35.5. The van der Waals surface area contributed by atoms with E-state index in [0.717, 1.165) is 16.8 Å². The van der Waals surface area contributed by atoms with Crippen LogP contribution in [0.2, 0.25) is 0 Å². The van der Waals surface area contributed by atoms with E-state index in [1.165, 1.54) is 0 Å². The quantitative estimate of drug-likeness (QED) is 0.635. The molecule has 2 rings (SSSR count). The van der Waals surface area contributed by atoms with Gasteiger partial charge >= 0.3 is 0 Å². The summed E-state index contributed by atoms with van der Waals surface area (Å²) in [6.45, 7) is 0.0306. The second-order valence-corrected chi connectivity index (χ2v) is 4.39. The van der Waals surface area contributed by atoms with E-state index in [1.54, 1.807) is 6.07 Å². The number of aliphatic hydroxyl groups excluding tert-OH is 2. The van der Waals surface area contributed by atoms with Gasteiger partial charge in [-0.1, -0.05) is 30.3 Å². The van der Waals surface area contributed by atoms with Gasteiger partial charge in [0, 0.05) is 23.5 Å². The summed E-state index contributed by atoms with van der Waals surface area (Å²) in [5.74, 6) is 0. The topological polar surface area (TPSA) is 78.5 Å². The number of hydrogen-bond donors (Lipinski definition) is 4. The van der Waals surface area contributed by atoms with Crippen LogP contribution >= 0.6 is 24.8 Å². The fourth-order valence-corrected chi connectivity index (χ4v) is 1.86. The molecule has 6 heteroatoms. The van der Waals surface area contributed by atoms with E-state index < -0.39 is 6.10 Å². The number of aliphatic hydroxyl groups is 2. The summed E-state index contributed by atoms with van der Waals surface area (Å²) in [6.07, 6.45) is -0.777. The molecular formula is C15H20Cl2N2O2. The van der Waals surface area contributed by atoms with Crippen molar-refractivity contribution < 1.29 is 10.2 Å². The lowest BCUT2D eigenvalue weighted by molar-refractivity contribution is 0.105. The van der Waals surface area contributed by atoms with Crippen molar-refractivity contribution in [1.29, 1.82) is 0 Å². The Balaban J connectivity index is 0.00000200. The predicted octanol–water partition coefficient (Wildman–Crippen LogP) is 2.54. The number of anilines is 2. The third kappa shape index (κ3) is 5.44. The van der Waals surface area contributed by atoms with Gasteiger partial charge in [-0.3, -0.25) is 0 Å². The van der Waals surface area contributed by atoms with Gasteiger partial charge in [0.05, 0.1) is 12.7 Å². The van der Waals surface area contributed by atoms with Gasteiger partial charge in [-0.2, -0.15) is 0 Å². The first-order valence-electron chi connectivity index (χ1n) is 6.18. The van der Waals surface area contributed by atoms with Gasteiger partial charge in [-0.05, 0) is 23.8 Å². The van der Waals surface area contributed by atoms with E-state index in [4.69, 9.17) is 10.8 Å². The zero-order valence-corrected chi connectivity index (χ0v) is 13.0. The number of hydrogen-bond acceptors (Lipinski definition) is 4. The van der Waals surface area contributed by atoms with Gasteiger partial charge in [-0.15, -0.1) is 24.8 Å². The summed E-state index contributed by atoms with van der Waals surface area (Å²) in [5, 5.41) is 21.4. The van der Waals surface area contributed by atoms with Gasteiger partial charge in [0.25, 0.3) is 0 Å². The Morgan fingerprint density at radius 3 is 2.33 bits per heavy atom. The Kier molecular flexibility index (Phi) is 8.81. The van der Waals surface area contributed by atoms with Crippen molar-refractivity contribution in [3.05, 3.63) is 48.5 Å². The minimum absolute atomic E-state index is 0. The van der Waals surface area contributed by atoms with Crippen LogP contribution in [0.25, 0.3) is 11.1 Å². The summed E-state index contributed by atoms with van der Waals surface area (Å²) in [4.78, 5) is 0. The molecule has 0 bridgehead atoms. The molecule has 0 spiro atoms. The van der Waals surface area contributed by atoms with E-state index in [2.05, 4.69) is 5.32 Å². The van der Waals surface area contributed by atoms with Crippen LogP contribution in [0.3, 0.4) is 0 Å². The zero-order valence-electron chi connectivity index (χ0n) is 11.4. The molecule has 1 atom stereocenters. The Bertz CT molecular complexity index is 538. The normalized spacial score (nSPS) is 11.0. The number of nitrogens with one attached hydrogen (secondary N) is 1. The Morgan fingerprint density at radius 2 is 1.71 bits per heavy atom. The lowest BCUT2D eigenvalue weighted by Gasteiger charge is -2.15. The summed E-state index contributed by atoms with van der Waals surface area (Å²) >= 11 is 0. The molecule has 0 radical (unpaired) electrons. The molecule has 2 aromatic carbocycles. The maximum absolute atomic E-state index is 9.40. The average molecular weight is 331 g/mol. The second kappa shape index (κ2) is 9.47. The number of rotatable bonds is 5. The van der Waals surface area contributed by atoms with Crippen LogP contribution in [0.15, 0.2) is 48.5 Å². The number of benzene rings is 2. The molecule has 21 heavy (non-hydrogen) atoms. The smallest absolute Gasteiger partial charge is 0.0942 e. The highest BCUT2D eigenvalue weighted by Crippen LogP contribution is 2.29.